The van der Waals surface area contributed by atoms with Crippen LogP contribution < -0.4 is 14.8 Å². The second kappa shape index (κ2) is 11.4. The van der Waals surface area contributed by atoms with Gasteiger partial charge < -0.3 is 24.5 Å². The number of hydrogen-bond donors (Lipinski definition) is 2. The Morgan fingerprint density at radius 1 is 0.974 bits per heavy atom. The van der Waals surface area contributed by atoms with Gasteiger partial charge in [-0.05, 0) is 72.4 Å². The van der Waals surface area contributed by atoms with Crippen LogP contribution in [0.4, 0.5) is 0 Å². The first kappa shape index (κ1) is 26.8. The molecule has 0 aliphatic rings. The highest BCUT2D eigenvalue weighted by Gasteiger charge is 2.16. The number of amides is 1. The number of methoxy groups -OCH3 is 1. The van der Waals surface area contributed by atoms with Crippen LogP contribution in [0.1, 0.15) is 58.1 Å². The minimum absolute atomic E-state index is 0.109. The molecule has 0 aliphatic carbocycles. The van der Waals surface area contributed by atoms with Crippen molar-refractivity contribution in [2.45, 2.75) is 46.7 Å². The highest BCUT2D eigenvalue weighted by atomic mass is 16.5. The molecular formula is C31H34N2O5. The van der Waals surface area contributed by atoms with E-state index < -0.39 is 12.6 Å². The lowest BCUT2D eigenvalue weighted by atomic mass is 10.0. The maximum Gasteiger partial charge on any atom is 0.341 e. The zero-order chi connectivity index (χ0) is 27.4. The van der Waals surface area contributed by atoms with Gasteiger partial charge in [0.1, 0.15) is 0 Å². The van der Waals surface area contributed by atoms with Crippen molar-refractivity contribution < 1.29 is 24.2 Å². The van der Waals surface area contributed by atoms with Crippen molar-refractivity contribution in [3.63, 3.8) is 0 Å². The number of carboxylic acid groups (broad SMARTS) is 1. The van der Waals surface area contributed by atoms with E-state index in [-0.39, 0.29) is 5.91 Å². The van der Waals surface area contributed by atoms with Crippen LogP contribution in [0.25, 0.3) is 10.9 Å². The van der Waals surface area contributed by atoms with Crippen molar-refractivity contribution in [3.8, 4) is 11.5 Å². The molecule has 0 radical (unpaired) electrons. The molecule has 4 aromatic rings. The number of aryl methyl sites for hydroxylation is 1. The summed E-state index contributed by atoms with van der Waals surface area (Å²) in [6.07, 6.45) is 0. The Morgan fingerprint density at radius 2 is 1.76 bits per heavy atom. The predicted molar refractivity (Wildman–Crippen MR) is 148 cm³/mol. The number of aliphatic carboxylic acids is 1. The number of nitrogens with zero attached hydrogens (tertiary/aromatic N) is 1. The first-order chi connectivity index (χ1) is 18.2. The van der Waals surface area contributed by atoms with Crippen LogP contribution in [0, 0.1) is 13.8 Å². The Balaban J connectivity index is 1.56. The molecule has 2 N–H and O–H groups in total. The Labute approximate surface area is 223 Å². The van der Waals surface area contributed by atoms with Crippen molar-refractivity contribution in [1.29, 1.82) is 0 Å². The highest BCUT2D eigenvalue weighted by Crippen LogP contribution is 2.31. The number of carbonyl (C=O) groups is 2. The van der Waals surface area contributed by atoms with Crippen LogP contribution in [0.3, 0.4) is 0 Å². The quantitative estimate of drug-likeness (QED) is 0.278. The third kappa shape index (κ3) is 5.83. The molecule has 0 bridgehead atoms. The molecule has 198 valence electrons. The van der Waals surface area contributed by atoms with Gasteiger partial charge >= 0.3 is 5.97 Å². The lowest BCUT2D eigenvalue weighted by Crippen LogP contribution is -2.22. The van der Waals surface area contributed by atoms with Crippen LogP contribution in [0.15, 0.2) is 60.7 Å². The van der Waals surface area contributed by atoms with Gasteiger partial charge in [0.15, 0.2) is 18.1 Å². The molecule has 7 nitrogen and oxygen atoms in total. The molecule has 0 fully saturated rings. The Morgan fingerprint density at radius 3 is 2.47 bits per heavy atom. The van der Waals surface area contributed by atoms with Gasteiger partial charge in [0, 0.05) is 35.2 Å². The molecule has 38 heavy (non-hydrogen) atoms. The van der Waals surface area contributed by atoms with Crippen LogP contribution in [-0.4, -0.2) is 35.3 Å². The maximum atomic E-state index is 13.0. The number of nitrogens with one attached hydrogen (secondary N) is 1. The molecule has 7 heteroatoms. The summed E-state index contributed by atoms with van der Waals surface area (Å²) in [5.74, 6) is 0.138. The summed E-state index contributed by atoms with van der Waals surface area (Å²) in [5, 5.41) is 13.1. The first-order valence-electron chi connectivity index (χ1n) is 12.7. The average molecular weight is 515 g/mol. The van der Waals surface area contributed by atoms with Crippen molar-refractivity contribution >= 4 is 22.8 Å². The van der Waals surface area contributed by atoms with E-state index in [0.717, 1.165) is 33.3 Å². The van der Waals surface area contributed by atoms with E-state index in [2.05, 4.69) is 49.7 Å². The number of aromatic nitrogens is 1. The fourth-order valence-electron chi connectivity index (χ4n) is 4.60. The lowest BCUT2D eigenvalue weighted by Gasteiger charge is -2.13. The van der Waals surface area contributed by atoms with Crippen LogP contribution in [-0.2, 0) is 17.9 Å². The smallest absolute Gasteiger partial charge is 0.341 e. The van der Waals surface area contributed by atoms with Crippen molar-refractivity contribution in [2.24, 2.45) is 0 Å². The third-order valence-corrected chi connectivity index (χ3v) is 6.89. The summed E-state index contributed by atoms with van der Waals surface area (Å²) >= 11 is 0. The molecule has 0 saturated heterocycles. The minimum atomic E-state index is -1.05. The first-order valence-corrected chi connectivity index (χ1v) is 12.7. The summed E-state index contributed by atoms with van der Waals surface area (Å²) < 4.78 is 12.9. The fourth-order valence-corrected chi connectivity index (χ4v) is 4.60. The average Bonchev–Trinajstić information content (AvgIpc) is 3.15. The molecule has 0 saturated carbocycles. The van der Waals surface area contributed by atoms with Gasteiger partial charge in [0.05, 0.1) is 7.11 Å². The van der Waals surface area contributed by atoms with Gasteiger partial charge in [-0.1, -0.05) is 44.2 Å². The molecule has 4 rings (SSSR count). The normalized spacial score (nSPS) is 11.1. The summed E-state index contributed by atoms with van der Waals surface area (Å²) in [5.41, 5.74) is 7.10. The second-order valence-corrected chi connectivity index (χ2v) is 9.78. The summed E-state index contributed by atoms with van der Waals surface area (Å²) in [4.78, 5) is 24.0. The van der Waals surface area contributed by atoms with E-state index in [1.54, 1.807) is 12.1 Å². The van der Waals surface area contributed by atoms with Crippen LogP contribution in [0.2, 0.25) is 0 Å². The van der Waals surface area contributed by atoms with Crippen LogP contribution >= 0.6 is 0 Å². The van der Waals surface area contributed by atoms with Crippen LogP contribution in [0.5, 0.6) is 11.5 Å². The molecule has 1 aromatic heterocycles. The molecule has 0 atom stereocenters. The van der Waals surface area contributed by atoms with E-state index >= 15 is 0 Å². The van der Waals surface area contributed by atoms with E-state index in [1.165, 1.54) is 12.7 Å². The zero-order valence-electron chi connectivity index (χ0n) is 22.5. The van der Waals surface area contributed by atoms with Crippen molar-refractivity contribution in [1.82, 2.24) is 9.88 Å². The van der Waals surface area contributed by atoms with Gasteiger partial charge in [-0.15, -0.1) is 0 Å². The number of benzene rings is 3. The Kier molecular flexibility index (Phi) is 8.05. The van der Waals surface area contributed by atoms with Gasteiger partial charge in [-0.3, -0.25) is 4.79 Å². The lowest BCUT2D eigenvalue weighted by molar-refractivity contribution is -0.139. The maximum absolute atomic E-state index is 13.0. The summed E-state index contributed by atoms with van der Waals surface area (Å²) in [6, 6.07) is 19.6. The standard InChI is InChI=1S/C31H34N2O5/c1-19(2)24-8-6-7-22(13-24)16-32-31(36)25-10-11-27-26(15-25)20(3)21(4)33(27)17-23-9-12-28(37-5)29(14-23)38-18-30(34)35/h6-15,19H,16-18H2,1-5H3,(H,32,36)(H,34,35). The monoisotopic (exact) mass is 514 g/mol. The second-order valence-electron chi connectivity index (χ2n) is 9.78. The zero-order valence-corrected chi connectivity index (χ0v) is 22.5. The molecule has 3 aromatic carbocycles. The third-order valence-electron chi connectivity index (χ3n) is 6.89. The number of carboxylic acids is 1. The molecule has 0 unspecified atom stereocenters. The Bertz CT molecular complexity index is 1490. The van der Waals surface area contributed by atoms with Gasteiger partial charge in [0.2, 0.25) is 0 Å². The van der Waals surface area contributed by atoms with E-state index in [0.29, 0.717) is 36.1 Å². The summed E-state index contributed by atoms with van der Waals surface area (Å²) in [7, 11) is 1.52. The van der Waals surface area contributed by atoms with E-state index in [4.69, 9.17) is 14.6 Å². The molecule has 1 heterocycles. The largest absolute Gasteiger partial charge is 0.493 e. The van der Waals surface area contributed by atoms with Crippen molar-refractivity contribution in [2.75, 3.05) is 13.7 Å². The SMILES string of the molecule is COc1ccc(Cn2c(C)c(C)c3cc(C(=O)NCc4cccc(C(C)C)c4)ccc32)cc1OCC(=O)O. The topological polar surface area (TPSA) is 89.8 Å². The van der Waals surface area contributed by atoms with Gasteiger partial charge in [0.25, 0.3) is 5.91 Å². The molecule has 0 aliphatic heterocycles. The van der Waals surface area contributed by atoms with E-state index in [1.807, 2.05) is 36.4 Å². The van der Waals surface area contributed by atoms with Gasteiger partial charge in [-0.2, -0.15) is 0 Å². The van der Waals surface area contributed by atoms with E-state index in [9.17, 15) is 9.59 Å². The molecule has 0 spiro atoms. The number of fused-ring (bicyclic) bond motifs is 1. The number of carbonyl (C=O) groups excluding carboxylic acids is 1. The van der Waals surface area contributed by atoms with Crippen molar-refractivity contribution in [3.05, 3.63) is 94.2 Å². The summed E-state index contributed by atoms with van der Waals surface area (Å²) in [6.45, 7) is 9.01. The molecule has 1 amide bonds. The predicted octanol–water partition coefficient (Wildman–Crippen LogP) is 5.83. The fraction of sp³-hybridized carbons (Fsp3) is 0.290. The minimum Gasteiger partial charge on any atom is -0.493 e. The number of ether oxygens (including phenoxy) is 2. The molecular weight excluding hydrogens is 480 g/mol. The number of rotatable bonds is 10. The number of hydrogen-bond acceptors (Lipinski definition) is 4. The van der Waals surface area contributed by atoms with Gasteiger partial charge in [-0.25, -0.2) is 4.79 Å². The highest BCUT2D eigenvalue weighted by molar-refractivity contribution is 5.99. The Hall–Kier alpha value is -4.26.